The molecule has 0 spiro atoms. The topological polar surface area (TPSA) is 41.8 Å². The molecular weight excluding hydrogens is 202 g/mol. The number of rotatable bonds is 3. The fraction of sp³-hybridized carbons (Fsp3) is 0.308. The Morgan fingerprint density at radius 2 is 2.06 bits per heavy atom. The predicted molar refractivity (Wildman–Crippen MR) is 66.1 cm³/mol. The van der Waals surface area contributed by atoms with E-state index >= 15 is 0 Å². The van der Waals surface area contributed by atoms with Crippen LogP contribution in [-0.4, -0.2) is 17.0 Å². The summed E-state index contributed by atoms with van der Waals surface area (Å²) < 4.78 is 5.73. The lowest BCUT2D eigenvalue weighted by molar-refractivity contribution is 0.131. The summed E-state index contributed by atoms with van der Waals surface area (Å²) in [6.07, 6.45) is 4.82. The van der Waals surface area contributed by atoms with E-state index in [4.69, 9.17) is 9.94 Å². The van der Waals surface area contributed by atoms with E-state index in [1.54, 1.807) is 6.08 Å². The lowest BCUT2D eigenvalue weighted by Crippen LogP contribution is -2.22. The fourth-order valence-electron chi connectivity index (χ4n) is 1.23. The van der Waals surface area contributed by atoms with Crippen LogP contribution in [0.5, 0.6) is 5.75 Å². The third-order valence-electron chi connectivity index (χ3n) is 1.72. The largest absolute Gasteiger partial charge is 0.488 e. The van der Waals surface area contributed by atoms with Crippen LogP contribution in [0.4, 0.5) is 0 Å². The van der Waals surface area contributed by atoms with E-state index in [1.807, 2.05) is 51.1 Å². The molecular formula is C13H17NO2. The first kappa shape index (κ1) is 12.3. The van der Waals surface area contributed by atoms with Crippen molar-refractivity contribution in [1.29, 1.82) is 0 Å². The van der Waals surface area contributed by atoms with Crippen LogP contribution in [-0.2, 0) is 0 Å². The molecule has 0 saturated carbocycles. The van der Waals surface area contributed by atoms with Gasteiger partial charge >= 0.3 is 0 Å². The number of hydrogen-bond acceptors (Lipinski definition) is 3. The van der Waals surface area contributed by atoms with Crippen molar-refractivity contribution in [3.63, 3.8) is 0 Å². The van der Waals surface area contributed by atoms with Gasteiger partial charge in [-0.25, -0.2) is 0 Å². The number of hydrogen-bond donors (Lipinski definition) is 1. The smallest absolute Gasteiger partial charge is 0.120 e. The molecule has 1 aromatic carbocycles. The summed E-state index contributed by atoms with van der Waals surface area (Å²) >= 11 is 0. The number of benzene rings is 1. The first-order valence-corrected chi connectivity index (χ1v) is 5.14. The highest BCUT2D eigenvalue weighted by Gasteiger charge is 2.11. The number of oxime groups is 1. The molecule has 86 valence electrons. The second kappa shape index (κ2) is 5.35. The molecule has 0 radical (unpaired) electrons. The first-order valence-electron chi connectivity index (χ1n) is 5.14. The van der Waals surface area contributed by atoms with E-state index in [2.05, 4.69) is 5.16 Å². The Bertz CT molecular complexity index is 389. The number of ether oxygens (including phenoxy) is 1. The second-order valence-electron chi connectivity index (χ2n) is 4.41. The van der Waals surface area contributed by atoms with Gasteiger partial charge in [0.15, 0.2) is 0 Å². The van der Waals surface area contributed by atoms with Crippen molar-refractivity contribution in [1.82, 2.24) is 0 Å². The monoisotopic (exact) mass is 219 g/mol. The Morgan fingerprint density at radius 1 is 1.31 bits per heavy atom. The van der Waals surface area contributed by atoms with E-state index in [0.29, 0.717) is 0 Å². The third kappa shape index (κ3) is 4.64. The van der Waals surface area contributed by atoms with Crippen molar-refractivity contribution in [3.05, 3.63) is 35.9 Å². The van der Waals surface area contributed by atoms with E-state index < -0.39 is 0 Å². The Kier molecular flexibility index (Phi) is 4.11. The highest BCUT2D eigenvalue weighted by molar-refractivity contribution is 5.77. The van der Waals surface area contributed by atoms with E-state index in [-0.39, 0.29) is 5.60 Å². The summed E-state index contributed by atoms with van der Waals surface area (Å²) in [6, 6.07) is 7.74. The van der Waals surface area contributed by atoms with Gasteiger partial charge in [0.2, 0.25) is 0 Å². The summed E-state index contributed by atoms with van der Waals surface area (Å²) in [5, 5.41) is 11.1. The summed E-state index contributed by atoms with van der Waals surface area (Å²) in [5.74, 6) is 0.829. The van der Waals surface area contributed by atoms with Gasteiger partial charge in [-0.15, -0.1) is 0 Å². The van der Waals surface area contributed by atoms with Gasteiger partial charge in [-0.05, 0) is 44.5 Å². The van der Waals surface area contributed by atoms with Crippen LogP contribution in [0.25, 0.3) is 6.08 Å². The molecule has 0 fully saturated rings. The lowest BCUT2D eigenvalue weighted by atomic mass is 10.1. The maximum absolute atomic E-state index is 8.25. The van der Waals surface area contributed by atoms with Crippen LogP contribution in [0.2, 0.25) is 0 Å². The quantitative estimate of drug-likeness (QED) is 0.481. The minimum Gasteiger partial charge on any atom is -0.488 e. The summed E-state index contributed by atoms with van der Waals surface area (Å²) in [5.41, 5.74) is 0.802. The average molecular weight is 219 g/mol. The van der Waals surface area contributed by atoms with Gasteiger partial charge in [0.25, 0.3) is 0 Å². The zero-order valence-electron chi connectivity index (χ0n) is 9.84. The maximum Gasteiger partial charge on any atom is 0.120 e. The van der Waals surface area contributed by atoms with Gasteiger partial charge in [0.1, 0.15) is 11.4 Å². The molecule has 0 saturated heterocycles. The zero-order chi connectivity index (χ0) is 12.0. The van der Waals surface area contributed by atoms with Gasteiger partial charge in [0.05, 0.1) is 6.21 Å². The Labute approximate surface area is 96.1 Å². The van der Waals surface area contributed by atoms with Crippen LogP contribution < -0.4 is 4.74 Å². The first-order chi connectivity index (χ1) is 7.51. The molecule has 3 heteroatoms. The second-order valence-corrected chi connectivity index (χ2v) is 4.41. The third-order valence-corrected chi connectivity index (χ3v) is 1.72. The van der Waals surface area contributed by atoms with Crippen LogP contribution >= 0.6 is 0 Å². The zero-order valence-corrected chi connectivity index (χ0v) is 9.84. The molecule has 0 amide bonds. The highest BCUT2D eigenvalue weighted by Crippen LogP contribution is 2.19. The molecule has 0 aliphatic rings. The van der Waals surface area contributed by atoms with Crippen LogP contribution in [0, 0.1) is 0 Å². The summed E-state index contributed by atoms with van der Waals surface area (Å²) in [6.45, 7) is 6.02. The number of allylic oxidation sites excluding steroid dienone is 1. The molecule has 0 aliphatic carbocycles. The number of nitrogens with zero attached hydrogens (tertiary/aromatic N) is 1. The van der Waals surface area contributed by atoms with Crippen molar-refractivity contribution < 1.29 is 9.94 Å². The maximum atomic E-state index is 8.25. The summed E-state index contributed by atoms with van der Waals surface area (Å²) in [7, 11) is 0. The van der Waals surface area contributed by atoms with Gasteiger partial charge in [0, 0.05) is 0 Å². The van der Waals surface area contributed by atoms with Crippen molar-refractivity contribution in [3.8, 4) is 5.75 Å². The molecule has 16 heavy (non-hydrogen) atoms. The Morgan fingerprint density at radius 3 is 2.69 bits per heavy atom. The van der Waals surface area contributed by atoms with E-state index in [9.17, 15) is 0 Å². The normalized spacial score (nSPS) is 12.4. The van der Waals surface area contributed by atoms with Gasteiger partial charge in [-0.2, -0.15) is 0 Å². The van der Waals surface area contributed by atoms with Crippen LogP contribution in [0.15, 0.2) is 35.5 Å². The molecule has 0 aliphatic heterocycles. The molecule has 0 atom stereocenters. The molecule has 0 unspecified atom stereocenters. The molecule has 0 heterocycles. The molecule has 1 aromatic rings. The molecule has 1 rings (SSSR count). The van der Waals surface area contributed by atoms with Crippen molar-refractivity contribution >= 4 is 12.3 Å². The molecule has 1 N–H and O–H groups in total. The van der Waals surface area contributed by atoms with E-state index in [0.717, 1.165) is 11.3 Å². The van der Waals surface area contributed by atoms with Crippen LogP contribution in [0.3, 0.4) is 0 Å². The van der Waals surface area contributed by atoms with Gasteiger partial charge < -0.3 is 9.94 Å². The summed E-state index contributed by atoms with van der Waals surface area (Å²) in [4.78, 5) is 0. The van der Waals surface area contributed by atoms with Crippen molar-refractivity contribution in [2.75, 3.05) is 0 Å². The molecule has 0 bridgehead atoms. The Balaban J connectivity index is 2.79. The van der Waals surface area contributed by atoms with Crippen molar-refractivity contribution in [2.24, 2.45) is 5.16 Å². The minimum absolute atomic E-state index is 0.200. The lowest BCUT2D eigenvalue weighted by Gasteiger charge is -2.21. The SMILES string of the molecule is CC(C)(C)Oc1cccc(/C=C/C=N/O)c1. The van der Waals surface area contributed by atoms with Gasteiger partial charge in [-0.3, -0.25) is 0 Å². The predicted octanol–water partition coefficient (Wildman–Crippen LogP) is 3.34. The highest BCUT2D eigenvalue weighted by atomic mass is 16.5. The minimum atomic E-state index is -0.200. The Hall–Kier alpha value is -1.77. The fourth-order valence-corrected chi connectivity index (χ4v) is 1.23. The van der Waals surface area contributed by atoms with E-state index in [1.165, 1.54) is 6.21 Å². The van der Waals surface area contributed by atoms with Crippen molar-refractivity contribution in [2.45, 2.75) is 26.4 Å². The van der Waals surface area contributed by atoms with Gasteiger partial charge in [-0.1, -0.05) is 23.4 Å². The standard InChI is InChI=1S/C13H17NO2/c1-13(2,3)16-12-8-4-6-11(10-12)7-5-9-14-15/h4-10,15H,1-3H3/b7-5+,14-9+. The van der Waals surface area contributed by atoms with Crippen LogP contribution in [0.1, 0.15) is 26.3 Å². The molecule has 3 nitrogen and oxygen atoms in total. The molecule has 0 aromatic heterocycles. The average Bonchev–Trinajstić information content (AvgIpc) is 2.16.